The summed E-state index contributed by atoms with van der Waals surface area (Å²) >= 11 is 0. The Hall–Kier alpha value is -1.36. The maximum Gasteiger partial charge on any atom is 0.271 e. The van der Waals surface area contributed by atoms with E-state index >= 15 is 0 Å². The van der Waals surface area contributed by atoms with Crippen molar-refractivity contribution in [2.24, 2.45) is 7.05 Å². The fourth-order valence-electron chi connectivity index (χ4n) is 0.964. The first-order chi connectivity index (χ1) is 6.15. The van der Waals surface area contributed by atoms with Crippen molar-refractivity contribution in [2.75, 3.05) is 13.1 Å². The smallest absolute Gasteiger partial charge is 0.271 e. The minimum atomic E-state index is -0.132. The molecular weight excluding hydrogens is 168 g/mol. The molecule has 13 heavy (non-hydrogen) atoms. The van der Waals surface area contributed by atoms with Crippen LogP contribution in [0.2, 0.25) is 0 Å². The van der Waals surface area contributed by atoms with Crippen molar-refractivity contribution in [3.05, 3.63) is 17.5 Å². The van der Waals surface area contributed by atoms with Gasteiger partial charge in [-0.1, -0.05) is 0 Å². The molecule has 0 aliphatic carbocycles. The second-order valence-corrected chi connectivity index (χ2v) is 2.90. The van der Waals surface area contributed by atoms with Crippen molar-refractivity contribution in [1.29, 1.82) is 0 Å². The van der Waals surface area contributed by atoms with Crippen LogP contribution in [0, 0.1) is 6.92 Å². The summed E-state index contributed by atoms with van der Waals surface area (Å²) in [6, 6.07) is 1.76. The average Bonchev–Trinajstić information content (AvgIpc) is 2.43. The van der Waals surface area contributed by atoms with Crippen molar-refractivity contribution in [1.82, 2.24) is 15.1 Å². The van der Waals surface area contributed by atoms with Gasteiger partial charge in [-0.2, -0.15) is 5.10 Å². The lowest BCUT2D eigenvalue weighted by Gasteiger charge is -1.97. The Morgan fingerprint density at radius 1 is 1.77 bits per heavy atom. The lowest BCUT2D eigenvalue weighted by molar-refractivity contribution is -0.364. The average molecular weight is 183 g/mol. The molecule has 0 bridgehead atoms. The summed E-state index contributed by atoms with van der Waals surface area (Å²) < 4.78 is 1.68. The summed E-state index contributed by atoms with van der Waals surface area (Å²) in [5.74, 6) is -0.132. The zero-order valence-electron chi connectivity index (χ0n) is 8.00. The van der Waals surface area contributed by atoms with E-state index < -0.39 is 0 Å². The van der Waals surface area contributed by atoms with Gasteiger partial charge in [-0.3, -0.25) is 9.48 Å². The van der Waals surface area contributed by atoms with E-state index in [2.05, 4.69) is 16.1 Å². The van der Waals surface area contributed by atoms with Gasteiger partial charge in [0, 0.05) is 12.7 Å². The second-order valence-electron chi connectivity index (χ2n) is 2.90. The number of hydrogen-bond acceptors (Lipinski definition) is 2. The van der Waals surface area contributed by atoms with Crippen LogP contribution in [-0.2, 0) is 7.05 Å². The van der Waals surface area contributed by atoms with E-state index in [0.717, 1.165) is 5.69 Å². The Kier molecular flexibility index (Phi) is 3.02. The molecule has 4 N–H and O–H groups in total. The highest BCUT2D eigenvalue weighted by atomic mass is 16.1. The van der Waals surface area contributed by atoms with Gasteiger partial charge in [0.2, 0.25) is 0 Å². The van der Waals surface area contributed by atoms with Crippen LogP contribution in [0.3, 0.4) is 0 Å². The van der Waals surface area contributed by atoms with Crippen LogP contribution in [0.4, 0.5) is 0 Å². The van der Waals surface area contributed by atoms with Gasteiger partial charge in [0.1, 0.15) is 5.69 Å². The Bertz CT molecular complexity index is 286. The molecule has 0 aliphatic rings. The summed E-state index contributed by atoms with van der Waals surface area (Å²) in [6.07, 6.45) is 0. The quantitative estimate of drug-likeness (QED) is 0.611. The van der Waals surface area contributed by atoms with Gasteiger partial charge in [0.05, 0.1) is 13.1 Å². The molecule has 1 aromatic rings. The van der Waals surface area contributed by atoms with E-state index in [1.807, 2.05) is 14.0 Å². The maximum atomic E-state index is 11.4. The van der Waals surface area contributed by atoms with Crippen molar-refractivity contribution < 1.29 is 10.5 Å². The number of carbonyl (C=O) groups excluding carboxylic acids is 1. The SMILES string of the molecule is Cc1cc(C(=O)NCC[NH3+])nn1C. The summed E-state index contributed by atoms with van der Waals surface area (Å²) in [5, 5.41) is 6.76. The van der Waals surface area contributed by atoms with Crippen LogP contribution in [-0.4, -0.2) is 28.8 Å². The van der Waals surface area contributed by atoms with E-state index in [-0.39, 0.29) is 5.91 Å². The molecule has 0 aliphatic heterocycles. The van der Waals surface area contributed by atoms with Gasteiger partial charge in [-0.05, 0) is 13.0 Å². The Balaban J connectivity index is 2.66. The van der Waals surface area contributed by atoms with Crippen molar-refractivity contribution in [3.63, 3.8) is 0 Å². The Morgan fingerprint density at radius 3 is 2.92 bits per heavy atom. The van der Waals surface area contributed by atoms with E-state index in [9.17, 15) is 4.79 Å². The molecule has 0 saturated heterocycles. The van der Waals surface area contributed by atoms with E-state index in [1.165, 1.54) is 0 Å². The number of quaternary nitrogens is 1. The second kappa shape index (κ2) is 4.04. The van der Waals surface area contributed by atoms with E-state index in [1.54, 1.807) is 10.7 Å². The fourth-order valence-corrected chi connectivity index (χ4v) is 0.964. The van der Waals surface area contributed by atoms with Crippen molar-refractivity contribution in [3.8, 4) is 0 Å². The van der Waals surface area contributed by atoms with Crippen LogP contribution in [0.1, 0.15) is 16.2 Å². The number of hydrogen-bond donors (Lipinski definition) is 2. The summed E-state index contributed by atoms with van der Waals surface area (Å²) in [7, 11) is 1.81. The number of rotatable bonds is 3. The molecule has 1 aromatic heterocycles. The summed E-state index contributed by atoms with van der Waals surface area (Å²) in [4.78, 5) is 11.4. The standard InChI is InChI=1S/C8H14N4O/c1-6-5-7(11-12(6)2)8(13)10-4-3-9/h5H,3-4,9H2,1-2H3,(H,10,13)/p+1. The van der Waals surface area contributed by atoms with Crippen molar-refractivity contribution in [2.45, 2.75) is 6.92 Å². The van der Waals surface area contributed by atoms with Gasteiger partial charge in [0.25, 0.3) is 5.91 Å². The molecule has 0 saturated carbocycles. The van der Waals surface area contributed by atoms with Gasteiger partial charge in [-0.25, -0.2) is 0 Å². The fraction of sp³-hybridized carbons (Fsp3) is 0.500. The molecule has 5 heteroatoms. The number of nitrogens with zero attached hydrogens (tertiary/aromatic N) is 2. The highest BCUT2D eigenvalue weighted by Crippen LogP contribution is 2.00. The molecule has 0 aromatic carbocycles. The number of nitrogens with one attached hydrogen (secondary N) is 1. The van der Waals surface area contributed by atoms with Gasteiger partial charge in [-0.15, -0.1) is 0 Å². The third-order valence-electron chi connectivity index (χ3n) is 1.81. The van der Waals surface area contributed by atoms with Crippen molar-refractivity contribution >= 4 is 5.91 Å². The molecule has 72 valence electrons. The minimum Gasteiger partial charge on any atom is -0.356 e. The van der Waals surface area contributed by atoms with E-state index in [0.29, 0.717) is 18.8 Å². The molecule has 0 spiro atoms. The molecule has 5 nitrogen and oxygen atoms in total. The lowest BCUT2D eigenvalue weighted by atomic mass is 10.3. The van der Waals surface area contributed by atoms with Crippen LogP contribution in [0.5, 0.6) is 0 Å². The molecular formula is C8H15N4O+. The summed E-state index contributed by atoms with van der Waals surface area (Å²) in [5.41, 5.74) is 5.07. The van der Waals surface area contributed by atoms with Crippen LogP contribution >= 0.6 is 0 Å². The zero-order chi connectivity index (χ0) is 9.84. The normalized spacial score (nSPS) is 10.1. The third kappa shape index (κ3) is 2.29. The molecule has 1 rings (SSSR count). The number of amides is 1. The minimum absolute atomic E-state index is 0.132. The Labute approximate surface area is 76.9 Å². The van der Waals surface area contributed by atoms with Crippen LogP contribution in [0.25, 0.3) is 0 Å². The van der Waals surface area contributed by atoms with Crippen LogP contribution < -0.4 is 11.1 Å². The van der Waals surface area contributed by atoms with Gasteiger partial charge < -0.3 is 11.1 Å². The number of carbonyl (C=O) groups is 1. The molecule has 0 radical (unpaired) electrons. The number of aryl methyl sites for hydroxylation is 2. The predicted molar refractivity (Wildman–Crippen MR) is 48.0 cm³/mol. The maximum absolute atomic E-state index is 11.4. The first-order valence-electron chi connectivity index (χ1n) is 4.23. The number of aromatic nitrogens is 2. The van der Waals surface area contributed by atoms with Gasteiger partial charge >= 0.3 is 0 Å². The molecule has 0 fully saturated rings. The molecule has 0 atom stereocenters. The van der Waals surface area contributed by atoms with E-state index in [4.69, 9.17) is 0 Å². The monoisotopic (exact) mass is 183 g/mol. The highest BCUT2D eigenvalue weighted by Gasteiger charge is 2.09. The molecule has 1 heterocycles. The summed E-state index contributed by atoms with van der Waals surface area (Å²) in [6.45, 7) is 3.19. The predicted octanol–water partition coefficient (Wildman–Crippen LogP) is -1.30. The lowest BCUT2D eigenvalue weighted by Crippen LogP contribution is -2.54. The first kappa shape index (κ1) is 9.73. The zero-order valence-corrected chi connectivity index (χ0v) is 8.00. The first-order valence-corrected chi connectivity index (χ1v) is 4.23. The third-order valence-corrected chi connectivity index (χ3v) is 1.81. The van der Waals surface area contributed by atoms with Crippen LogP contribution in [0.15, 0.2) is 6.07 Å². The largest absolute Gasteiger partial charge is 0.356 e. The van der Waals surface area contributed by atoms with Gasteiger partial charge in [0.15, 0.2) is 0 Å². The molecule has 1 amide bonds. The highest BCUT2D eigenvalue weighted by molar-refractivity contribution is 5.92. The molecule has 0 unspecified atom stereocenters. The topological polar surface area (TPSA) is 74.6 Å². The Morgan fingerprint density at radius 2 is 2.46 bits per heavy atom.